The average molecular weight is 262 g/mol. The van der Waals surface area contributed by atoms with Crippen molar-refractivity contribution in [3.8, 4) is 0 Å². The molecular weight excluding hydrogens is 240 g/mol. The summed E-state index contributed by atoms with van der Waals surface area (Å²) in [6.07, 6.45) is 2.91. The van der Waals surface area contributed by atoms with E-state index in [1.54, 1.807) is 0 Å². The topological polar surface area (TPSA) is 15.3 Å². The number of nitrogens with zero attached hydrogens (tertiary/aromatic N) is 1. The molecule has 1 atom stereocenters. The van der Waals surface area contributed by atoms with Crippen molar-refractivity contribution >= 4 is 11.8 Å². The van der Waals surface area contributed by atoms with Gasteiger partial charge in [-0.2, -0.15) is 0 Å². The van der Waals surface area contributed by atoms with Gasteiger partial charge < -0.3 is 5.32 Å². The molecule has 0 amide bonds. The van der Waals surface area contributed by atoms with Crippen LogP contribution in [0.4, 0.5) is 0 Å². The van der Waals surface area contributed by atoms with Crippen molar-refractivity contribution in [2.75, 3.05) is 31.9 Å². The second-order valence-corrected chi connectivity index (χ2v) is 6.47. The molecule has 1 N–H and O–H groups in total. The molecular formula is C15H22N2S. The molecule has 1 heterocycles. The van der Waals surface area contributed by atoms with Crippen LogP contribution in [0.15, 0.2) is 35.2 Å². The number of hydrogen-bond donors (Lipinski definition) is 1. The van der Waals surface area contributed by atoms with Gasteiger partial charge in [-0.25, -0.2) is 0 Å². The van der Waals surface area contributed by atoms with Gasteiger partial charge in [0.2, 0.25) is 0 Å². The molecule has 2 nitrogen and oxygen atoms in total. The van der Waals surface area contributed by atoms with Crippen molar-refractivity contribution in [2.45, 2.75) is 23.8 Å². The van der Waals surface area contributed by atoms with E-state index in [9.17, 15) is 0 Å². The maximum atomic E-state index is 3.55. The molecule has 1 aromatic rings. The third-order valence-electron chi connectivity index (χ3n) is 3.95. The van der Waals surface area contributed by atoms with Crippen LogP contribution in [0.1, 0.15) is 12.8 Å². The predicted molar refractivity (Wildman–Crippen MR) is 78.1 cm³/mol. The molecule has 1 saturated heterocycles. The number of thioether (sulfide) groups is 1. The Bertz CT molecular complexity index is 364. The van der Waals surface area contributed by atoms with Crippen LogP contribution in [-0.2, 0) is 0 Å². The Morgan fingerprint density at radius 1 is 1.22 bits per heavy atom. The van der Waals surface area contributed by atoms with Gasteiger partial charge >= 0.3 is 0 Å². The van der Waals surface area contributed by atoms with Gasteiger partial charge in [-0.15, -0.1) is 11.8 Å². The summed E-state index contributed by atoms with van der Waals surface area (Å²) < 4.78 is 0. The number of hydrogen-bond acceptors (Lipinski definition) is 3. The van der Waals surface area contributed by atoms with Crippen LogP contribution in [0, 0.1) is 5.92 Å². The Labute approximate surface area is 114 Å². The highest BCUT2D eigenvalue weighted by molar-refractivity contribution is 7.99. The first-order valence-corrected chi connectivity index (χ1v) is 8.04. The minimum atomic E-state index is 0.815. The number of benzene rings is 1. The molecule has 1 saturated carbocycles. The van der Waals surface area contributed by atoms with Crippen LogP contribution in [0.2, 0.25) is 0 Å². The minimum Gasteiger partial charge on any atom is -0.314 e. The Balaban J connectivity index is 1.46. The maximum absolute atomic E-state index is 3.55. The molecule has 98 valence electrons. The fourth-order valence-electron chi connectivity index (χ4n) is 2.79. The Morgan fingerprint density at radius 3 is 2.83 bits per heavy atom. The third kappa shape index (κ3) is 3.28. The van der Waals surface area contributed by atoms with E-state index in [2.05, 4.69) is 40.5 Å². The van der Waals surface area contributed by atoms with Crippen molar-refractivity contribution in [1.82, 2.24) is 10.2 Å². The molecule has 3 heteroatoms. The average Bonchev–Trinajstić information content (AvgIpc) is 3.25. The van der Waals surface area contributed by atoms with Crippen molar-refractivity contribution in [1.29, 1.82) is 0 Å². The number of nitrogens with one attached hydrogen (secondary N) is 1. The number of piperazine rings is 1. The monoisotopic (exact) mass is 262 g/mol. The standard InChI is InChI=1S/C15H22N2S/c1-2-4-14(5-3-1)18-11-10-17-9-8-16-12-15(17)13-6-7-13/h1-5,13,15-16H,6-12H2. The zero-order valence-electron chi connectivity index (χ0n) is 10.8. The summed E-state index contributed by atoms with van der Waals surface area (Å²) in [4.78, 5) is 4.11. The van der Waals surface area contributed by atoms with Crippen molar-refractivity contribution < 1.29 is 0 Å². The van der Waals surface area contributed by atoms with Gasteiger partial charge in [-0.05, 0) is 30.9 Å². The van der Waals surface area contributed by atoms with Gasteiger partial charge in [0.05, 0.1) is 0 Å². The molecule has 0 radical (unpaired) electrons. The third-order valence-corrected chi connectivity index (χ3v) is 4.95. The first-order valence-electron chi connectivity index (χ1n) is 7.06. The summed E-state index contributed by atoms with van der Waals surface area (Å²) >= 11 is 1.99. The quantitative estimate of drug-likeness (QED) is 0.821. The second kappa shape index (κ2) is 6.09. The highest BCUT2D eigenvalue weighted by Gasteiger charge is 2.36. The van der Waals surface area contributed by atoms with E-state index >= 15 is 0 Å². The van der Waals surface area contributed by atoms with Crippen LogP contribution in [0.5, 0.6) is 0 Å². The largest absolute Gasteiger partial charge is 0.314 e. The number of rotatable bonds is 5. The van der Waals surface area contributed by atoms with Crippen LogP contribution < -0.4 is 5.32 Å². The van der Waals surface area contributed by atoms with E-state index in [1.807, 2.05) is 11.8 Å². The molecule has 2 fully saturated rings. The molecule has 0 spiro atoms. The fourth-order valence-corrected chi connectivity index (χ4v) is 3.70. The highest BCUT2D eigenvalue weighted by Crippen LogP contribution is 2.35. The van der Waals surface area contributed by atoms with E-state index in [-0.39, 0.29) is 0 Å². The molecule has 0 aromatic heterocycles. The van der Waals surface area contributed by atoms with Crippen LogP contribution in [0.3, 0.4) is 0 Å². The zero-order chi connectivity index (χ0) is 12.2. The Hall–Kier alpha value is -0.510. The molecule has 3 rings (SSSR count). The SMILES string of the molecule is c1ccc(SCCN2CCNCC2C2CC2)cc1. The highest BCUT2D eigenvalue weighted by atomic mass is 32.2. The van der Waals surface area contributed by atoms with E-state index in [0.717, 1.165) is 12.0 Å². The van der Waals surface area contributed by atoms with E-state index < -0.39 is 0 Å². The Morgan fingerprint density at radius 2 is 2.06 bits per heavy atom. The first-order chi connectivity index (χ1) is 8.93. The van der Waals surface area contributed by atoms with Gasteiger partial charge in [0.1, 0.15) is 0 Å². The smallest absolute Gasteiger partial charge is 0.0249 e. The van der Waals surface area contributed by atoms with Crippen LogP contribution >= 0.6 is 11.8 Å². The lowest BCUT2D eigenvalue weighted by Gasteiger charge is -2.36. The zero-order valence-corrected chi connectivity index (χ0v) is 11.7. The van der Waals surface area contributed by atoms with Gasteiger partial charge in [-0.1, -0.05) is 18.2 Å². The van der Waals surface area contributed by atoms with E-state index in [1.165, 1.54) is 49.7 Å². The first kappa shape index (κ1) is 12.5. The summed E-state index contributed by atoms with van der Waals surface area (Å²) in [5, 5.41) is 3.55. The maximum Gasteiger partial charge on any atom is 0.0249 e. The molecule has 1 aliphatic heterocycles. The summed E-state index contributed by atoms with van der Waals surface area (Å²) in [7, 11) is 0. The van der Waals surface area contributed by atoms with E-state index in [0.29, 0.717) is 0 Å². The molecule has 1 aliphatic carbocycles. The van der Waals surface area contributed by atoms with E-state index in [4.69, 9.17) is 0 Å². The van der Waals surface area contributed by atoms with Crippen LogP contribution in [0.25, 0.3) is 0 Å². The molecule has 1 unspecified atom stereocenters. The van der Waals surface area contributed by atoms with Gasteiger partial charge in [-0.3, -0.25) is 4.90 Å². The Kier molecular flexibility index (Phi) is 4.24. The second-order valence-electron chi connectivity index (χ2n) is 5.31. The van der Waals surface area contributed by atoms with Crippen molar-refractivity contribution in [2.24, 2.45) is 5.92 Å². The predicted octanol–water partition coefficient (Wildman–Crippen LogP) is 2.46. The van der Waals surface area contributed by atoms with Gasteiger partial charge in [0.15, 0.2) is 0 Å². The summed E-state index contributed by atoms with van der Waals surface area (Å²) in [5.41, 5.74) is 0. The summed E-state index contributed by atoms with van der Waals surface area (Å²) in [6, 6.07) is 11.6. The molecule has 18 heavy (non-hydrogen) atoms. The fraction of sp³-hybridized carbons (Fsp3) is 0.600. The van der Waals surface area contributed by atoms with Gasteiger partial charge in [0.25, 0.3) is 0 Å². The van der Waals surface area contributed by atoms with Gasteiger partial charge in [0, 0.05) is 42.9 Å². The summed E-state index contributed by atoms with van der Waals surface area (Å²) in [5.74, 6) is 2.20. The normalized spacial score (nSPS) is 25.2. The lowest BCUT2D eigenvalue weighted by atomic mass is 10.1. The molecule has 1 aromatic carbocycles. The van der Waals surface area contributed by atoms with Crippen LogP contribution in [-0.4, -0.2) is 42.9 Å². The van der Waals surface area contributed by atoms with Crippen molar-refractivity contribution in [3.05, 3.63) is 30.3 Å². The molecule has 2 aliphatic rings. The summed E-state index contributed by atoms with van der Waals surface area (Å²) in [6.45, 7) is 4.85. The van der Waals surface area contributed by atoms with Crippen molar-refractivity contribution in [3.63, 3.8) is 0 Å². The minimum absolute atomic E-state index is 0.815. The lowest BCUT2D eigenvalue weighted by molar-refractivity contribution is 0.153. The lowest BCUT2D eigenvalue weighted by Crippen LogP contribution is -2.52. The molecule has 0 bridgehead atoms.